The minimum absolute atomic E-state index is 0.00667. The number of hydrogen-bond acceptors (Lipinski definition) is 6. The van der Waals surface area contributed by atoms with Crippen LogP contribution in [0.15, 0.2) is 24.3 Å². The van der Waals surface area contributed by atoms with Crippen LogP contribution in [-0.2, 0) is 9.47 Å². The van der Waals surface area contributed by atoms with Crippen LogP contribution in [0.25, 0.3) is 0 Å². The van der Waals surface area contributed by atoms with Gasteiger partial charge in [0, 0.05) is 12.1 Å². The summed E-state index contributed by atoms with van der Waals surface area (Å²) in [7, 11) is 0. The Balaban J connectivity index is 2.12. The van der Waals surface area contributed by atoms with Crippen LogP contribution in [0, 0.1) is 10.1 Å². The SMILES string of the molecule is NC(=O)OCCOCCOc1ccc([N+](=O)[O-])cc1. The molecule has 8 nitrogen and oxygen atoms in total. The summed E-state index contributed by atoms with van der Waals surface area (Å²) in [5, 5.41) is 10.4. The molecular formula is C11H14N2O6. The zero-order valence-corrected chi connectivity index (χ0v) is 10.1. The molecule has 0 heterocycles. The van der Waals surface area contributed by atoms with Crippen LogP contribution >= 0.6 is 0 Å². The first-order chi connectivity index (χ1) is 9.09. The summed E-state index contributed by atoms with van der Waals surface area (Å²) in [5.74, 6) is 0.516. The fourth-order valence-corrected chi connectivity index (χ4v) is 1.19. The average Bonchev–Trinajstić information content (AvgIpc) is 2.38. The minimum atomic E-state index is -0.842. The van der Waals surface area contributed by atoms with Crippen LogP contribution in [0.2, 0.25) is 0 Å². The molecule has 2 N–H and O–H groups in total. The molecular weight excluding hydrogens is 256 g/mol. The van der Waals surface area contributed by atoms with Gasteiger partial charge in [-0.25, -0.2) is 4.79 Å². The Kier molecular flexibility index (Phi) is 6.10. The molecule has 0 saturated heterocycles. The lowest BCUT2D eigenvalue weighted by Crippen LogP contribution is -2.17. The summed E-state index contributed by atoms with van der Waals surface area (Å²) in [4.78, 5) is 20.2. The predicted octanol–water partition coefficient (Wildman–Crippen LogP) is 1.09. The van der Waals surface area contributed by atoms with E-state index in [1.807, 2.05) is 0 Å². The van der Waals surface area contributed by atoms with Crippen LogP contribution < -0.4 is 10.5 Å². The first kappa shape index (κ1) is 14.7. The van der Waals surface area contributed by atoms with Crippen molar-refractivity contribution in [2.75, 3.05) is 26.4 Å². The van der Waals surface area contributed by atoms with Crippen molar-refractivity contribution in [2.45, 2.75) is 0 Å². The summed E-state index contributed by atoms with van der Waals surface area (Å²) < 4.78 is 14.8. The molecule has 0 atom stereocenters. The molecule has 1 rings (SSSR count). The smallest absolute Gasteiger partial charge is 0.404 e. The highest BCUT2D eigenvalue weighted by Crippen LogP contribution is 2.16. The van der Waals surface area contributed by atoms with Gasteiger partial charge in [0.05, 0.1) is 18.1 Å². The maximum Gasteiger partial charge on any atom is 0.404 e. The van der Waals surface area contributed by atoms with Crippen LogP contribution in [0.5, 0.6) is 5.75 Å². The van der Waals surface area contributed by atoms with Crippen LogP contribution in [0.4, 0.5) is 10.5 Å². The Morgan fingerprint density at radius 3 is 2.37 bits per heavy atom. The molecule has 1 aromatic carbocycles. The standard InChI is InChI=1S/C11H14N2O6/c12-11(14)19-8-6-17-5-7-18-10-3-1-9(2-4-10)13(15)16/h1-4H,5-8H2,(H2,12,14). The van der Waals surface area contributed by atoms with E-state index < -0.39 is 11.0 Å². The van der Waals surface area contributed by atoms with Crippen molar-refractivity contribution in [1.82, 2.24) is 0 Å². The van der Waals surface area contributed by atoms with Gasteiger partial charge in [0.2, 0.25) is 0 Å². The molecule has 1 amide bonds. The van der Waals surface area contributed by atoms with Crippen molar-refractivity contribution in [3.63, 3.8) is 0 Å². The number of nitro benzene ring substituents is 1. The summed E-state index contributed by atoms with van der Waals surface area (Å²) in [6, 6.07) is 5.73. The Hall–Kier alpha value is -2.35. The molecule has 0 radical (unpaired) electrons. The van der Waals surface area contributed by atoms with Crippen molar-refractivity contribution in [3.8, 4) is 5.75 Å². The third kappa shape index (κ3) is 6.22. The lowest BCUT2D eigenvalue weighted by atomic mass is 10.3. The number of non-ortho nitro benzene ring substituents is 1. The van der Waals surface area contributed by atoms with Gasteiger partial charge in [-0.3, -0.25) is 10.1 Å². The van der Waals surface area contributed by atoms with Crippen LogP contribution in [-0.4, -0.2) is 37.4 Å². The molecule has 104 valence electrons. The van der Waals surface area contributed by atoms with Gasteiger partial charge in [-0.15, -0.1) is 0 Å². The quantitative estimate of drug-likeness (QED) is 0.429. The number of nitro groups is 1. The van der Waals surface area contributed by atoms with Gasteiger partial charge >= 0.3 is 6.09 Å². The summed E-state index contributed by atoms with van der Waals surface area (Å²) in [5.41, 5.74) is 4.76. The highest BCUT2D eigenvalue weighted by atomic mass is 16.6. The molecule has 0 fully saturated rings. The zero-order chi connectivity index (χ0) is 14.1. The van der Waals surface area contributed by atoms with Crippen molar-refractivity contribution in [2.24, 2.45) is 5.73 Å². The molecule has 1 aromatic rings. The number of carbonyl (C=O) groups is 1. The normalized spacial score (nSPS) is 9.89. The van der Waals surface area contributed by atoms with E-state index in [2.05, 4.69) is 4.74 Å². The van der Waals surface area contributed by atoms with E-state index in [4.69, 9.17) is 15.2 Å². The molecule has 0 aromatic heterocycles. The third-order valence-corrected chi connectivity index (χ3v) is 2.02. The maximum absolute atomic E-state index is 10.4. The molecule has 0 saturated carbocycles. The number of rotatable bonds is 8. The first-order valence-corrected chi connectivity index (χ1v) is 5.47. The lowest BCUT2D eigenvalue weighted by molar-refractivity contribution is -0.384. The maximum atomic E-state index is 10.4. The van der Waals surface area contributed by atoms with Crippen molar-refractivity contribution >= 4 is 11.8 Å². The molecule has 0 spiro atoms. The van der Waals surface area contributed by atoms with Gasteiger partial charge in [-0.1, -0.05) is 0 Å². The summed E-state index contributed by atoms with van der Waals surface area (Å²) >= 11 is 0. The number of primary amides is 1. The monoisotopic (exact) mass is 270 g/mol. The number of ether oxygens (including phenoxy) is 3. The fourth-order valence-electron chi connectivity index (χ4n) is 1.19. The number of hydrogen-bond donors (Lipinski definition) is 1. The molecule has 0 aliphatic carbocycles. The van der Waals surface area contributed by atoms with Gasteiger partial charge in [0.15, 0.2) is 0 Å². The predicted molar refractivity (Wildman–Crippen MR) is 64.9 cm³/mol. The second-order valence-corrected chi connectivity index (χ2v) is 3.38. The molecule has 0 aliphatic heterocycles. The van der Waals surface area contributed by atoms with Gasteiger partial charge in [0.25, 0.3) is 5.69 Å². The second kappa shape index (κ2) is 7.88. The van der Waals surface area contributed by atoms with E-state index in [0.29, 0.717) is 12.4 Å². The third-order valence-electron chi connectivity index (χ3n) is 2.02. The fraction of sp³-hybridized carbons (Fsp3) is 0.364. The Morgan fingerprint density at radius 1 is 1.16 bits per heavy atom. The van der Waals surface area contributed by atoms with E-state index >= 15 is 0 Å². The number of carbonyl (C=O) groups excluding carboxylic acids is 1. The molecule has 0 bridgehead atoms. The highest BCUT2D eigenvalue weighted by Gasteiger charge is 2.04. The van der Waals surface area contributed by atoms with E-state index in [-0.39, 0.29) is 25.5 Å². The average molecular weight is 270 g/mol. The van der Waals surface area contributed by atoms with Crippen LogP contribution in [0.3, 0.4) is 0 Å². The van der Waals surface area contributed by atoms with Gasteiger partial charge in [0.1, 0.15) is 19.0 Å². The van der Waals surface area contributed by atoms with E-state index in [9.17, 15) is 14.9 Å². The van der Waals surface area contributed by atoms with Crippen molar-refractivity contribution in [1.29, 1.82) is 0 Å². The Bertz CT molecular complexity index is 420. The van der Waals surface area contributed by atoms with E-state index in [1.165, 1.54) is 24.3 Å². The highest BCUT2D eigenvalue weighted by molar-refractivity contribution is 5.64. The molecule has 0 unspecified atom stereocenters. The number of benzene rings is 1. The largest absolute Gasteiger partial charge is 0.491 e. The molecule has 19 heavy (non-hydrogen) atoms. The summed E-state index contributed by atoms with van der Waals surface area (Å²) in [6.45, 7) is 0.910. The van der Waals surface area contributed by atoms with E-state index in [0.717, 1.165) is 0 Å². The van der Waals surface area contributed by atoms with Gasteiger partial charge in [-0.05, 0) is 12.1 Å². The molecule has 8 heteroatoms. The molecule has 0 aliphatic rings. The minimum Gasteiger partial charge on any atom is -0.491 e. The van der Waals surface area contributed by atoms with Crippen molar-refractivity contribution < 1.29 is 23.9 Å². The lowest BCUT2D eigenvalue weighted by Gasteiger charge is -2.06. The Morgan fingerprint density at radius 2 is 1.79 bits per heavy atom. The zero-order valence-electron chi connectivity index (χ0n) is 10.1. The number of amides is 1. The van der Waals surface area contributed by atoms with Crippen molar-refractivity contribution in [3.05, 3.63) is 34.4 Å². The van der Waals surface area contributed by atoms with Gasteiger partial charge in [-0.2, -0.15) is 0 Å². The summed E-state index contributed by atoms with van der Waals surface area (Å²) in [6.07, 6.45) is -0.842. The van der Waals surface area contributed by atoms with Gasteiger partial charge < -0.3 is 19.9 Å². The Labute approximate surface area is 109 Å². The van der Waals surface area contributed by atoms with E-state index in [1.54, 1.807) is 0 Å². The number of nitrogens with zero attached hydrogens (tertiary/aromatic N) is 1. The first-order valence-electron chi connectivity index (χ1n) is 5.47. The number of nitrogens with two attached hydrogens (primary N) is 1. The topological polar surface area (TPSA) is 114 Å². The second-order valence-electron chi connectivity index (χ2n) is 3.38. The van der Waals surface area contributed by atoms with Crippen LogP contribution in [0.1, 0.15) is 0 Å².